The third-order valence-electron chi connectivity index (χ3n) is 3.37. The third-order valence-corrected chi connectivity index (χ3v) is 3.37. The maximum absolute atomic E-state index is 5.42. The molecule has 1 aromatic carbocycles. The van der Waals surface area contributed by atoms with Gasteiger partial charge in [-0.25, -0.2) is 0 Å². The molecule has 1 nitrogen and oxygen atoms in total. The van der Waals surface area contributed by atoms with E-state index < -0.39 is 0 Å². The molecule has 0 unspecified atom stereocenters. The molecule has 1 fully saturated rings. The Labute approximate surface area is 92.5 Å². The minimum absolute atomic E-state index is 0.722. The van der Waals surface area contributed by atoms with Crippen LogP contribution in [0, 0.1) is 20.8 Å². The fraction of sp³-hybridized carbons (Fsp3) is 0.571. The Balaban J connectivity index is 2.33. The molecule has 0 aliphatic carbocycles. The molecular weight excluding hydrogens is 184 g/mol. The van der Waals surface area contributed by atoms with E-state index in [1.807, 2.05) is 0 Å². The lowest BCUT2D eigenvalue weighted by molar-refractivity contribution is 0.0851. The van der Waals surface area contributed by atoms with E-state index in [4.69, 9.17) is 4.74 Å². The topological polar surface area (TPSA) is 9.23 Å². The zero-order valence-corrected chi connectivity index (χ0v) is 9.97. The standard InChI is InChI=1S/C14H20O/c1-10-8-11(2)14(12(3)9-10)13-4-6-15-7-5-13/h8-9,13H,4-7H2,1-3H3. The zero-order valence-electron chi connectivity index (χ0n) is 9.97. The van der Waals surface area contributed by atoms with Gasteiger partial charge in [-0.2, -0.15) is 0 Å². The first-order valence-corrected chi connectivity index (χ1v) is 5.84. The molecule has 0 N–H and O–H groups in total. The van der Waals surface area contributed by atoms with Crippen LogP contribution >= 0.6 is 0 Å². The molecular formula is C14H20O. The summed E-state index contributed by atoms with van der Waals surface area (Å²) in [7, 11) is 0. The zero-order chi connectivity index (χ0) is 10.8. The fourth-order valence-electron chi connectivity index (χ4n) is 2.82. The smallest absolute Gasteiger partial charge is 0.0471 e. The Bertz CT molecular complexity index is 325. The molecule has 0 bridgehead atoms. The molecule has 15 heavy (non-hydrogen) atoms. The molecule has 0 spiro atoms. The van der Waals surface area contributed by atoms with E-state index in [1.165, 1.54) is 29.5 Å². The van der Waals surface area contributed by atoms with Crippen molar-refractivity contribution in [1.29, 1.82) is 0 Å². The number of hydrogen-bond acceptors (Lipinski definition) is 1. The van der Waals surface area contributed by atoms with Crippen molar-refractivity contribution in [3.8, 4) is 0 Å². The SMILES string of the molecule is Cc1cc(C)c(C2CCOCC2)c(C)c1. The van der Waals surface area contributed by atoms with Gasteiger partial charge in [0, 0.05) is 13.2 Å². The van der Waals surface area contributed by atoms with Crippen LogP contribution in [0.15, 0.2) is 12.1 Å². The van der Waals surface area contributed by atoms with Gasteiger partial charge in [0.2, 0.25) is 0 Å². The first-order valence-electron chi connectivity index (χ1n) is 5.84. The lowest BCUT2D eigenvalue weighted by Gasteiger charge is -2.25. The predicted octanol–water partition coefficient (Wildman–Crippen LogP) is 3.51. The highest BCUT2D eigenvalue weighted by Crippen LogP contribution is 2.32. The molecule has 0 amide bonds. The quantitative estimate of drug-likeness (QED) is 0.680. The normalized spacial score (nSPS) is 18.1. The fourth-order valence-corrected chi connectivity index (χ4v) is 2.82. The minimum Gasteiger partial charge on any atom is -0.381 e. The van der Waals surface area contributed by atoms with E-state index in [-0.39, 0.29) is 0 Å². The summed E-state index contributed by atoms with van der Waals surface area (Å²) in [6.45, 7) is 8.51. The van der Waals surface area contributed by atoms with E-state index in [1.54, 1.807) is 5.56 Å². The van der Waals surface area contributed by atoms with E-state index in [0.29, 0.717) is 0 Å². The Morgan fingerprint density at radius 3 is 2.07 bits per heavy atom. The van der Waals surface area contributed by atoms with Gasteiger partial charge in [0.05, 0.1) is 0 Å². The van der Waals surface area contributed by atoms with E-state index >= 15 is 0 Å². The van der Waals surface area contributed by atoms with Gasteiger partial charge >= 0.3 is 0 Å². The summed E-state index contributed by atoms with van der Waals surface area (Å²) < 4.78 is 5.42. The summed E-state index contributed by atoms with van der Waals surface area (Å²) >= 11 is 0. The van der Waals surface area contributed by atoms with Crippen LogP contribution in [0.4, 0.5) is 0 Å². The van der Waals surface area contributed by atoms with Gasteiger partial charge in [-0.1, -0.05) is 17.7 Å². The van der Waals surface area contributed by atoms with Crippen LogP contribution in [0.5, 0.6) is 0 Å². The summed E-state index contributed by atoms with van der Waals surface area (Å²) in [6, 6.07) is 4.61. The molecule has 1 aromatic rings. The van der Waals surface area contributed by atoms with Gasteiger partial charge in [0.25, 0.3) is 0 Å². The highest BCUT2D eigenvalue weighted by molar-refractivity contribution is 5.40. The van der Waals surface area contributed by atoms with Crippen molar-refractivity contribution < 1.29 is 4.74 Å². The summed E-state index contributed by atoms with van der Waals surface area (Å²) in [5.41, 5.74) is 5.86. The van der Waals surface area contributed by atoms with E-state index in [2.05, 4.69) is 32.9 Å². The second kappa shape index (κ2) is 4.36. The Kier molecular flexibility index (Phi) is 3.11. The number of benzene rings is 1. The van der Waals surface area contributed by atoms with Gasteiger partial charge in [0.15, 0.2) is 0 Å². The first kappa shape index (κ1) is 10.7. The highest BCUT2D eigenvalue weighted by Gasteiger charge is 2.19. The van der Waals surface area contributed by atoms with Crippen molar-refractivity contribution in [3.63, 3.8) is 0 Å². The molecule has 0 saturated carbocycles. The Morgan fingerprint density at radius 2 is 1.53 bits per heavy atom. The maximum atomic E-state index is 5.42. The van der Waals surface area contributed by atoms with Gasteiger partial charge in [-0.15, -0.1) is 0 Å². The molecule has 2 rings (SSSR count). The highest BCUT2D eigenvalue weighted by atomic mass is 16.5. The first-order chi connectivity index (χ1) is 7.18. The largest absolute Gasteiger partial charge is 0.381 e. The molecule has 0 atom stereocenters. The average molecular weight is 204 g/mol. The summed E-state index contributed by atoms with van der Waals surface area (Å²) in [6.07, 6.45) is 2.37. The van der Waals surface area contributed by atoms with E-state index in [0.717, 1.165) is 19.1 Å². The summed E-state index contributed by atoms with van der Waals surface area (Å²) in [5.74, 6) is 0.722. The van der Waals surface area contributed by atoms with Crippen LogP contribution in [0.2, 0.25) is 0 Å². The minimum atomic E-state index is 0.722. The lowest BCUT2D eigenvalue weighted by Crippen LogP contribution is -2.16. The van der Waals surface area contributed by atoms with Crippen molar-refractivity contribution in [2.45, 2.75) is 39.5 Å². The Morgan fingerprint density at radius 1 is 1.00 bits per heavy atom. The van der Waals surface area contributed by atoms with Gasteiger partial charge < -0.3 is 4.74 Å². The van der Waals surface area contributed by atoms with Crippen molar-refractivity contribution in [2.75, 3.05) is 13.2 Å². The average Bonchev–Trinajstić information content (AvgIpc) is 2.17. The maximum Gasteiger partial charge on any atom is 0.0471 e. The predicted molar refractivity (Wildman–Crippen MR) is 63.4 cm³/mol. The molecule has 0 radical (unpaired) electrons. The van der Waals surface area contributed by atoms with Crippen LogP contribution in [0.25, 0.3) is 0 Å². The molecule has 1 heterocycles. The molecule has 1 heteroatoms. The van der Waals surface area contributed by atoms with Gasteiger partial charge in [-0.3, -0.25) is 0 Å². The summed E-state index contributed by atoms with van der Waals surface area (Å²) in [5, 5.41) is 0. The second-order valence-corrected chi connectivity index (χ2v) is 4.70. The molecule has 1 aliphatic rings. The number of aryl methyl sites for hydroxylation is 3. The lowest BCUT2D eigenvalue weighted by atomic mass is 9.85. The molecule has 82 valence electrons. The number of rotatable bonds is 1. The van der Waals surface area contributed by atoms with Gasteiger partial charge in [-0.05, 0) is 56.2 Å². The number of ether oxygens (including phenoxy) is 1. The van der Waals surface area contributed by atoms with Crippen molar-refractivity contribution >= 4 is 0 Å². The van der Waals surface area contributed by atoms with Crippen LogP contribution in [-0.2, 0) is 4.74 Å². The third kappa shape index (κ3) is 2.23. The van der Waals surface area contributed by atoms with Crippen molar-refractivity contribution in [2.24, 2.45) is 0 Å². The number of hydrogen-bond donors (Lipinski definition) is 0. The molecule has 0 aromatic heterocycles. The van der Waals surface area contributed by atoms with E-state index in [9.17, 15) is 0 Å². The molecule has 1 aliphatic heterocycles. The second-order valence-electron chi connectivity index (χ2n) is 4.70. The monoisotopic (exact) mass is 204 g/mol. The van der Waals surface area contributed by atoms with Crippen LogP contribution in [0.3, 0.4) is 0 Å². The summed E-state index contributed by atoms with van der Waals surface area (Å²) in [4.78, 5) is 0. The van der Waals surface area contributed by atoms with Crippen molar-refractivity contribution in [1.82, 2.24) is 0 Å². The molecule has 1 saturated heterocycles. The van der Waals surface area contributed by atoms with Gasteiger partial charge in [0.1, 0.15) is 0 Å². The Hall–Kier alpha value is -0.820. The van der Waals surface area contributed by atoms with Crippen LogP contribution < -0.4 is 0 Å². The van der Waals surface area contributed by atoms with Crippen LogP contribution in [0.1, 0.15) is 41.0 Å². The van der Waals surface area contributed by atoms with Crippen molar-refractivity contribution in [3.05, 3.63) is 34.4 Å². The van der Waals surface area contributed by atoms with Crippen LogP contribution in [-0.4, -0.2) is 13.2 Å².